The van der Waals surface area contributed by atoms with Crippen LogP contribution in [0, 0.1) is 10.8 Å². The predicted octanol–water partition coefficient (Wildman–Crippen LogP) is 7.79. The number of hydrogen-bond acceptors (Lipinski definition) is 2. The van der Waals surface area contributed by atoms with Crippen LogP contribution in [0.2, 0.25) is 0 Å². The van der Waals surface area contributed by atoms with E-state index in [1.807, 2.05) is 0 Å². The molecule has 136 valence electrons. The Balaban J connectivity index is 2.19. The molecule has 0 aromatic heterocycles. The van der Waals surface area contributed by atoms with Crippen LogP contribution in [0.15, 0.2) is 5.18 Å². The lowest BCUT2D eigenvalue weighted by molar-refractivity contribution is 0.408. The van der Waals surface area contributed by atoms with Crippen molar-refractivity contribution in [3.8, 4) is 0 Å². The Bertz CT molecular complexity index is 234. The zero-order valence-corrected chi connectivity index (χ0v) is 15.6. The molecule has 0 aromatic rings. The molecule has 2 nitrogen and oxygen atoms in total. The average Bonchev–Trinajstić information content (AvgIpc) is 2.55. The van der Waals surface area contributed by atoms with Crippen molar-refractivity contribution in [2.45, 2.75) is 122 Å². The number of hydrogen-bond donors (Lipinski definition) is 0. The Morgan fingerprint density at radius 3 is 1.00 bits per heavy atom. The maximum atomic E-state index is 10.6. The first-order chi connectivity index (χ1) is 11.4. The van der Waals surface area contributed by atoms with Crippen LogP contribution in [-0.2, 0) is 0 Å². The molecule has 0 N–H and O–H groups in total. The lowest BCUT2D eigenvalue weighted by atomic mass is 9.94. The Morgan fingerprint density at radius 1 is 0.478 bits per heavy atom. The van der Waals surface area contributed by atoms with E-state index in [0.717, 1.165) is 0 Å². The summed E-state index contributed by atoms with van der Waals surface area (Å²) in [5.41, 5.74) is 0. The molecule has 1 fully saturated rings. The molecule has 0 atom stereocenters. The Morgan fingerprint density at radius 2 is 0.739 bits per heavy atom. The van der Waals surface area contributed by atoms with E-state index in [2.05, 4.69) is 5.18 Å². The second kappa shape index (κ2) is 16.5. The first-order valence-electron chi connectivity index (χ1n) is 10.7. The highest BCUT2D eigenvalue weighted by molar-refractivity contribution is 4.63. The number of nitroso groups, excluding NO2 is 1. The molecule has 0 heterocycles. The maximum Gasteiger partial charge on any atom is 0.0839 e. The van der Waals surface area contributed by atoms with Crippen molar-refractivity contribution in [2.24, 2.45) is 11.1 Å². The SMILES string of the molecule is O=NCC1CCCCCCCCCCCCCCCCCCC1. The van der Waals surface area contributed by atoms with Crippen LogP contribution in [0.1, 0.15) is 122 Å². The third-order valence-electron chi connectivity index (χ3n) is 5.56. The molecule has 1 rings (SSSR count). The molecule has 0 bridgehead atoms. The van der Waals surface area contributed by atoms with Crippen LogP contribution in [0.5, 0.6) is 0 Å². The first kappa shape index (κ1) is 20.6. The van der Waals surface area contributed by atoms with Gasteiger partial charge in [-0.15, -0.1) is 0 Å². The first-order valence-corrected chi connectivity index (χ1v) is 10.7. The summed E-state index contributed by atoms with van der Waals surface area (Å²) >= 11 is 0. The highest BCUT2D eigenvalue weighted by Crippen LogP contribution is 2.20. The molecule has 0 radical (unpaired) electrons. The van der Waals surface area contributed by atoms with Crippen LogP contribution in [0.4, 0.5) is 0 Å². The molecule has 0 aromatic carbocycles. The molecule has 1 aliphatic carbocycles. The van der Waals surface area contributed by atoms with Gasteiger partial charge < -0.3 is 0 Å². The molecule has 2 heteroatoms. The van der Waals surface area contributed by atoms with Gasteiger partial charge >= 0.3 is 0 Å². The summed E-state index contributed by atoms with van der Waals surface area (Å²) in [6.07, 6.45) is 26.4. The Labute approximate surface area is 145 Å². The summed E-state index contributed by atoms with van der Waals surface area (Å²) in [5.74, 6) is 0.568. The third kappa shape index (κ3) is 13.7. The molecule has 1 saturated carbocycles. The molecule has 0 saturated heterocycles. The highest BCUT2D eigenvalue weighted by atomic mass is 16.3. The summed E-state index contributed by atoms with van der Waals surface area (Å²) in [4.78, 5) is 10.6. The summed E-state index contributed by atoms with van der Waals surface area (Å²) < 4.78 is 0. The molecule has 0 unspecified atom stereocenters. The van der Waals surface area contributed by atoms with Crippen LogP contribution in [0.3, 0.4) is 0 Å². The molecule has 0 amide bonds. The van der Waals surface area contributed by atoms with E-state index in [4.69, 9.17) is 0 Å². The largest absolute Gasteiger partial charge is 0.151 e. The Kier molecular flexibility index (Phi) is 14.8. The van der Waals surface area contributed by atoms with Crippen LogP contribution < -0.4 is 0 Å². The smallest absolute Gasteiger partial charge is 0.0839 e. The second-order valence-corrected chi connectivity index (χ2v) is 7.77. The van der Waals surface area contributed by atoms with Crippen molar-refractivity contribution < 1.29 is 0 Å². The lowest BCUT2D eigenvalue weighted by Gasteiger charge is -2.13. The van der Waals surface area contributed by atoms with Gasteiger partial charge in [-0.1, -0.05) is 114 Å². The molecular formula is C21H41NO. The minimum absolute atomic E-state index is 0.556. The van der Waals surface area contributed by atoms with Crippen LogP contribution in [0.25, 0.3) is 0 Å². The van der Waals surface area contributed by atoms with Gasteiger partial charge in [0.2, 0.25) is 0 Å². The van der Waals surface area contributed by atoms with Crippen molar-refractivity contribution in [3.63, 3.8) is 0 Å². The van der Waals surface area contributed by atoms with Gasteiger partial charge in [-0.2, -0.15) is 4.91 Å². The zero-order valence-electron chi connectivity index (χ0n) is 15.6. The van der Waals surface area contributed by atoms with E-state index >= 15 is 0 Å². The van der Waals surface area contributed by atoms with E-state index in [9.17, 15) is 4.91 Å². The van der Waals surface area contributed by atoms with Gasteiger partial charge in [0.15, 0.2) is 0 Å². The number of nitrogens with zero attached hydrogens (tertiary/aromatic N) is 1. The molecular weight excluding hydrogens is 282 g/mol. The van der Waals surface area contributed by atoms with E-state index in [0.29, 0.717) is 12.5 Å². The van der Waals surface area contributed by atoms with Gasteiger partial charge in [-0.05, 0) is 18.8 Å². The Hall–Kier alpha value is -0.400. The minimum atomic E-state index is 0.556. The van der Waals surface area contributed by atoms with Gasteiger partial charge in [0.25, 0.3) is 0 Å². The fraction of sp³-hybridized carbons (Fsp3) is 1.00. The molecule has 1 aliphatic rings. The highest BCUT2D eigenvalue weighted by Gasteiger charge is 2.08. The van der Waals surface area contributed by atoms with Crippen LogP contribution in [-0.4, -0.2) is 6.54 Å². The van der Waals surface area contributed by atoms with Crippen molar-refractivity contribution in [2.75, 3.05) is 6.54 Å². The van der Waals surface area contributed by atoms with Crippen LogP contribution >= 0.6 is 0 Å². The van der Waals surface area contributed by atoms with E-state index < -0.39 is 0 Å². The topological polar surface area (TPSA) is 29.4 Å². The maximum absolute atomic E-state index is 10.6. The van der Waals surface area contributed by atoms with E-state index in [1.165, 1.54) is 122 Å². The fourth-order valence-corrected chi connectivity index (χ4v) is 3.95. The zero-order chi connectivity index (χ0) is 16.4. The standard InChI is InChI=1S/C21H41NO/c23-22-20-21-18-16-14-12-10-8-6-4-2-1-3-5-7-9-11-13-15-17-19-21/h21H,1-20H2. The number of rotatable bonds is 2. The van der Waals surface area contributed by atoms with E-state index in [1.54, 1.807) is 0 Å². The molecule has 0 aliphatic heterocycles. The summed E-state index contributed by atoms with van der Waals surface area (Å²) in [6.45, 7) is 0.556. The van der Waals surface area contributed by atoms with Gasteiger partial charge in [-0.3, -0.25) is 0 Å². The van der Waals surface area contributed by atoms with Gasteiger partial charge in [0, 0.05) is 0 Å². The summed E-state index contributed by atoms with van der Waals surface area (Å²) in [7, 11) is 0. The monoisotopic (exact) mass is 323 g/mol. The van der Waals surface area contributed by atoms with Gasteiger partial charge in [-0.25, -0.2) is 0 Å². The van der Waals surface area contributed by atoms with Crippen molar-refractivity contribution in [3.05, 3.63) is 4.91 Å². The molecule has 23 heavy (non-hydrogen) atoms. The third-order valence-corrected chi connectivity index (χ3v) is 5.56. The van der Waals surface area contributed by atoms with Crippen molar-refractivity contribution in [1.82, 2.24) is 0 Å². The average molecular weight is 324 g/mol. The summed E-state index contributed by atoms with van der Waals surface area (Å²) in [6, 6.07) is 0. The van der Waals surface area contributed by atoms with Gasteiger partial charge in [0.1, 0.15) is 0 Å². The normalized spacial score (nSPS) is 23.1. The van der Waals surface area contributed by atoms with E-state index in [-0.39, 0.29) is 0 Å². The van der Waals surface area contributed by atoms with Crippen molar-refractivity contribution in [1.29, 1.82) is 0 Å². The summed E-state index contributed by atoms with van der Waals surface area (Å²) in [5, 5.41) is 3.18. The fourth-order valence-electron chi connectivity index (χ4n) is 3.95. The molecule has 0 spiro atoms. The van der Waals surface area contributed by atoms with Crippen molar-refractivity contribution >= 4 is 0 Å². The lowest BCUT2D eigenvalue weighted by Crippen LogP contribution is -2.04. The minimum Gasteiger partial charge on any atom is -0.151 e. The van der Waals surface area contributed by atoms with Gasteiger partial charge in [0.05, 0.1) is 6.54 Å². The quantitative estimate of drug-likeness (QED) is 0.477. The predicted molar refractivity (Wildman–Crippen MR) is 102 cm³/mol. The second-order valence-electron chi connectivity index (χ2n) is 7.77.